The van der Waals surface area contributed by atoms with Crippen molar-refractivity contribution in [2.24, 2.45) is 5.73 Å². The van der Waals surface area contributed by atoms with E-state index in [9.17, 15) is 4.39 Å². The van der Waals surface area contributed by atoms with Gasteiger partial charge in [-0.25, -0.2) is 14.4 Å². The third-order valence-electron chi connectivity index (χ3n) is 2.73. The molecule has 0 saturated heterocycles. The molecule has 0 bridgehead atoms. The highest BCUT2D eigenvalue weighted by Gasteiger charge is 2.10. The van der Waals surface area contributed by atoms with Gasteiger partial charge in [0.05, 0.1) is 11.7 Å². The highest BCUT2D eigenvalue weighted by Crippen LogP contribution is 2.17. The molecule has 1 heterocycles. The van der Waals surface area contributed by atoms with Gasteiger partial charge in [-0.15, -0.1) is 0 Å². The fraction of sp³-hybridized carbons (Fsp3) is 0.231. The lowest BCUT2D eigenvalue weighted by molar-refractivity contribution is 0.623. The van der Waals surface area contributed by atoms with Crippen molar-refractivity contribution in [1.29, 1.82) is 0 Å². The van der Waals surface area contributed by atoms with Crippen molar-refractivity contribution in [3.05, 3.63) is 59.4 Å². The number of hydrogen-bond donors (Lipinski definition) is 1. The van der Waals surface area contributed by atoms with Crippen LogP contribution in [-0.2, 0) is 6.42 Å². The van der Waals surface area contributed by atoms with Crippen LogP contribution in [0.4, 0.5) is 4.39 Å². The Morgan fingerprint density at radius 2 is 2.18 bits per heavy atom. The van der Waals surface area contributed by atoms with E-state index in [0.29, 0.717) is 6.42 Å². The number of nitrogens with two attached hydrogens (primary N) is 1. The molecule has 3 nitrogen and oxygen atoms in total. The van der Waals surface area contributed by atoms with Gasteiger partial charge in [-0.2, -0.15) is 0 Å². The van der Waals surface area contributed by atoms with Crippen molar-refractivity contribution in [2.75, 3.05) is 0 Å². The van der Waals surface area contributed by atoms with Crippen LogP contribution in [0, 0.1) is 12.7 Å². The third-order valence-corrected chi connectivity index (χ3v) is 2.73. The minimum atomic E-state index is -0.221. The van der Waals surface area contributed by atoms with Crippen molar-refractivity contribution in [3.63, 3.8) is 0 Å². The van der Waals surface area contributed by atoms with E-state index in [1.54, 1.807) is 18.3 Å². The Morgan fingerprint density at radius 3 is 2.82 bits per heavy atom. The van der Waals surface area contributed by atoms with Gasteiger partial charge in [0.15, 0.2) is 0 Å². The van der Waals surface area contributed by atoms with Crippen molar-refractivity contribution >= 4 is 0 Å². The van der Waals surface area contributed by atoms with Gasteiger partial charge in [0.2, 0.25) is 0 Å². The minimum Gasteiger partial charge on any atom is -0.322 e. The number of aryl methyl sites for hydroxylation is 1. The van der Waals surface area contributed by atoms with E-state index in [4.69, 9.17) is 5.73 Å². The summed E-state index contributed by atoms with van der Waals surface area (Å²) in [4.78, 5) is 7.96. The number of hydrogen-bond acceptors (Lipinski definition) is 3. The molecule has 1 unspecified atom stereocenters. The van der Waals surface area contributed by atoms with Crippen LogP contribution < -0.4 is 5.73 Å². The molecule has 0 aliphatic carbocycles. The monoisotopic (exact) mass is 231 g/mol. The Morgan fingerprint density at radius 1 is 1.35 bits per heavy atom. The molecule has 0 aliphatic rings. The SMILES string of the molecule is Cc1cc(F)ccc1CC(N)c1ccncn1. The van der Waals surface area contributed by atoms with E-state index in [1.807, 2.05) is 6.92 Å². The molecule has 1 aromatic heterocycles. The predicted octanol–water partition coefficient (Wildman–Crippen LogP) is 2.17. The van der Waals surface area contributed by atoms with Crippen LogP contribution in [0.3, 0.4) is 0 Å². The summed E-state index contributed by atoms with van der Waals surface area (Å²) in [6.07, 6.45) is 3.79. The molecule has 2 aromatic rings. The van der Waals surface area contributed by atoms with Crippen LogP contribution in [0.1, 0.15) is 22.9 Å². The maximum atomic E-state index is 13.0. The summed E-state index contributed by atoms with van der Waals surface area (Å²) in [6.45, 7) is 1.88. The second-order valence-electron chi connectivity index (χ2n) is 4.02. The number of benzene rings is 1. The Kier molecular flexibility index (Phi) is 3.44. The zero-order valence-electron chi connectivity index (χ0n) is 9.60. The molecule has 0 spiro atoms. The number of aromatic nitrogens is 2. The lowest BCUT2D eigenvalue weighted by Gasteiger charge is -2.12. The summed E-state index contributed by atoms with van der Waals surface area (Å²) in [5, 5.41) is 0. The van der Waals surface area contributed by atoms with E-state index in [2.05, 4.69) is 9.97 Å². The summed E-state index contributed by atoms with van der Waals surface area (Å²) in [5.41, 5.74) is 8.80. The molecule has 2 N–H and O–H groups in total. The van der Waals surface area contributed by atoms with Crippen molar-refractivity contribution in [2.45, 2.75) is 19.4 Å². The first-order chi connectivity index (χ1) is 8.16. The molecule has 0 aliphatic heterocycles. The molecular weight excluding hydrogens is 217 g/mol. The Bertz CT molecular complexity index is 499. The predicted molar refractivity (Wildman–Crippen MR) is 63.8 cm³/mol. The molecule has 0 radical (unpaired) electrons. The van der Waals surface area contributed by atoms with Crippen molar-refractivity contribution in [1.82, 2.24) is 9.97 Å². The van der Waals surface area contributed by atoms with Crippen molar-refractivity contribution < 1.29 is 4.39 Å². The maximum absolute atomic E-state index is 13.0. The van der Waals surface area contributed by atoms with E-state index in [-0.39, 0.29) is 11.9 Å². The highest BCUT2D eigenvalue weighted by atomic mass is 19.1. The molecular formula is C13H14FN3. The zero-order valence-corrected chi connectivity index (χ0v) is 9.60. The minimum absolute atomic E-state index is 0.192. The molecule has 0 amide bonds. The molecule has 1 aromatic carbocycles. The fourth-order valence-corrected chi connectivity index (χ4v) is 1.75. The first-order valence-electron chi connectivity index (χ1n) is 5.43. The van der Waals surface area contributed by atoms with Gasteiger partial charge in [0.25, 0.3) is 0 Å². The van der Waals surface area contributed by atoms with Crippen LogP contribution >= 0.6 is 0 Å². The van der Waals surface area contributed by atoms with Crippen molar-refractivity contribution in [3.8, 4) is 0 Å². The van der Waals surface area contributed by atoms with E-state index >= 15 is 0 Å². The van der Waals surface area contributed by atoms with E-state index in [1.165, 1.54) is 18.5 Å². The van der Waals surface area contributed by atoms with Crippen LogP contribution in [-0.4, -0.2) is 9.97 Å². The van der Waals surface area contributed by atoms with E-state index in [0.717, 1.165) is 16.8 Å². The second-order valence-corrected chi connectivity index (χ2v) is 4.02. The second kappa shape index (κ2) is 5.01. The van der Waals surface area contributed by atoms with Crippen LogP contribution in [0.15, 0.2) is 36.8 Å². The Hall–Kier alpha value is -1.81. The average molecular weight is 231 g/mol. The molecule has 0 saturated carbocycles. The number of rotatable bonds is 3. The summed E-state index contributed by atoms with van der Waals surface area (Å²) in [5.74, 6) is -0.221. The molecule has 17 heavy (non-hydrogen) atoms. The third kappa shape index (κ3) is 2.85. The van der Waals surface area contributed by atoms with Crippen LogP contribution in [0.5, 0.6) is 0 Å². The maximum Gasteiger partial charge on any atom is 0.123 e. The molecule has 0 fully saturated rings. The summed E-state index contributed by atoms with van der Waals surface area (Å²) in [7, 11) is 0. The Labute approximate surface area is 99.5 Å². The number of halogens is 1. The normalized spacial score (nSPS) is 12.4. The first kappa shape index (κ1) is 11.7. The van der Waals surface area contributed by atoms with Gasteiger partial charge < -0.3 is 5.73 Å². The van der Waals surface area contributed by atoms with Gasteiger partial charge >= 0.3 is 0 Å². The van der Waals surface area contributed by atoms with Gasteiger partial charge in [0.1, 0.15) is 12.1 Å². The van der Waals surface area contributed by atoms with Crippen LogP contribution in [0.25, 0.3) is 0 Å². The Balaban J connectivity index is 2.16. The van der Waals surface area contributed by atoms with Gasteiger partial charge in [-0.3, -0.25) is 0 Å². The van der Waals surface area contributed by atoms with E-state index < -0.39 is 0 Å². The largest absolute Gasteiger partial charge is 0.322 e. The fourth-order valence-electron chi connectivity index (χ4n) is 1.75. The molecule has 1 atom stereocenters. The topological polar surface area (TPSA) is 51.8 Å². The molecule has 88 valence electrons. The molecule has 4 heteroatoms. The van der Waals surface area contributed by atoms with Crippen LogP contribution in [0.2, 0.25) is 0 Å². The molecule has 2 rings (SSSR count). The summed E-state index contributed by atoms with van der Waals surface area (Å²) in [6, 6.07) is 6.34. The van der Waals surface area contributed by atoms with Gasteiger partial charge in [-0.1, -0.05) is 6.07 Å². The van der Waals surface area contributed by atoms with Gasteiger partial charge in [-0.05, 0) is 42.7 Å². The lowest BCUT2D eigenvalue weighted by Crippen LogP contribution is -2.15. The lowest BCUT2D eigenvalue weighted by atomic mass is 9.99. The smallest absolute Gasteiger partial charge is 0.123 e. The average Bonchev–Trinajstić information content (AvgIpc) is 2.34. The zero-order chi connectivity index (χ0) is 12.3. The number of nitrogens with zero attached hydrogens (tertiary/aromatic N) is 2. The highest BCUT2D eigenvalue weighted by molar-refractivity contribution is 5.28. The van der Waals surface area contributed by atoms with Gasteiger partial charge in [0, 0.05) is 6.20 Å². The summed E-state index contributed by atoms with van der Waals surface area (Å²) < 4.78 is 13.0. The summed E-state index contributed by atoms with van der Waals surface area (Å²) >= 11 is 0. The standard InChI is InChI=1S/C13H14FN3/c1-9-6-11(14)3-2-10(9)7-12(15)13-4-5-16-8-17-13/h2-6,8,12H,7,15H2,1H3. The quantitative estimate of drug-likeness (QED) is 0.880. The first-order valence-corrected chi connectivity index (χ1v) is 5.43.